The lowest BCUT2D eigenvalue weighted by molar-refractivity contribution is -0.137. The molecule has 9 heteroatoms. The average Bonchev–Trinajstić information content (AvgIpc) is 2.51. The minimum Gasteiger partial charge on any atom is -0.357 e. The number of hydrogen-bond acceptors (Lipinski definition) is 4. The van der Waals surface area contributed by atoms with Crippen molar-refractivity contribution in [2.45, 2.75) is 12.7 Å². The van der Waals surface area contributed by atoms with Gasteiger partial charge in [0.2, 0.25) is 5.95 Å². The van der Waals surface area contributed by atoms with Crippen LogP contribution in [-0.2, 0) is 12.7 Å². The Morgan fingerprint density at radius 2 is 1.83 bits per heavy atom. The van der Waals surface area contributed by atoms with Gasteiger partial charge in [-0.05, 0) is 23.8 Å². The Hall–Kier alpha value is -2.71. The van der Waals surface area contributed by atoms with Crippen molar-refractivity contribution in [3.8, 4) is 0 Å². The van der Waals surface area contributed by atoms with Crippen molar-refractivity contribution in [3.05, 3.63) is 53.1 Å². The van der Waals surface area contributed by atoms with E-state index in [2.05, 4.69) is 20.6 Å². The van der Waals surface area contributed by atoms with Crippen LogP contribution in [0.1, 0.15) is 21.5 Å². The Labute approximate surface area is 128 Å². The lowest BCUT2D eigenvalue weighted by atomic mass is 10.1. The minimum absolute atomic E-state index is 0.00145. The van der Waals surface area contributed by atoms with E-state index in [1.54, 1.807) is 7.05 Å². The lowest BCUT2D eigenvalue weighted by Gasteiger charge is -2.10. The molecule has 0 fully saturated rings. The number of carbonyl (C=O) groups is 1. The first-order chi connectivity index (χ1) is 10.8. The third-order valence-corrected chi connectivity index (χ3v) is 2.88. The van der Waals surface area contributed by atoms with Gasteiger partial charge >= 0.3 is 6.18 Å². The maximum atomic E-state index is 13.2. The number of halogens is 4. The molecule has 0 saturated carbocycles. The van der Waals surface area contributed by atoms with E-state index in [0.717, 1.165) is 12.1 Å². The second-order valence-electron chi connectivity index (χ2n) is 4.57. The molecule has 0 spiro atoms. The van der Waals surface area contributed by atoms with Crippen molar-refractivity contribution in [2.75, 3.05) is 12.4 Å². The van der Waals surface area contributed by atoms with Gasteiger partial charge in [-0.1, -0.05) is 0 Å². The van der Waals surface area contributed by atoms with Crippen LogP contribution in [0, 0.1) is 5.82 Å². The first-order valence-electron chi connectivity index (χ1n) is 6.44. The molecule has 0 aliphatic heterocycles. The molecule has 1 heterocycles. The summed E-state index contributed by atoms with van der Waals surface area (Å²) < 4.78 is 51.1. The summed E-state index contributed by atoms with van der Waals surface area (Å²) in [6, 6.07) is 2.11. The van der Waals surface area contributed by atoms with Crippen LogP contribution >= 0.6 is 0 Å². The molecule has 0 atom stereocenters. The monoisotopic (exact) mass is 328 g/mol. The average molecular weight is 328 g/mol. The fourth-order valence-electron chi connectivity index (χ4n) is 1.77. The van der Waals surface area contributed by atoms with Gasteiger partial charge in [-0.25, -0.2) is 14.4 Å². The standard InChI is InChI=1S/C14H12F4N4O/c1-19-13-21-6-9(7-22-13)12(23)20-5-8-2-10(14(16,17)18)4-11(15)3-8/h2-4,6-7H,5H2,1H3,(H,20,23)(H,19,21,22). The molecule has 1 aromatic carbocycles. The number of nitrogens with zero attached hydrogens (tertiary/aromatic N) is 2. The number of anilines is 1. The summed E-state index contributed by atoms with van der Waals surface area (Å²) in [7, 11) is 1.61. The number of amides is 1. The van der Waals surface area contributed by atoms with Gasteiger partial charge in [0.05, 0.1) is 11.1 Å². The van der Waals surface area contributed by atoms with Crippen LogP contribution in [-0.4, -0.2) is 22.9 Å². The molecule has 0 bridgehead atoms. The zero-order valence-electron chi connectivity index (χ0n) is 11.9. The van der Waals surface area contributed by atoms with Crippen LogP contribution in [0.2, 0.25) is 0 Å². The summed E-state index contributed by atoms with van der Waals surface area (Å²) in [6.45, 7) is -0.256. The molecular formula is C14H12F4N4O. The molecule has 2 rings (SSSR count). The Morgan fingerprint density at radius 3 is 2.39 bits per heavy atom. The van der Waals surface area contributed by atoms with Crippen molar-refractivity contribution in [1.82, 2.24) is 15.3 Å². The van der Waals surface area contributed by atoms with Gasteiger partial charge in [0.25, 0.3) is 5.91 Å². The molecule has 1 amide bonds. The van der Waals surface area contributed by atoms with Gasteiger partial charge in [-0.2, -0.15) is 13.2 Å². The first kappa shape index (κ1) is 16.7. The van der Waals surface area contributed by atoms with Gasteiger partial charge in [-0.15, -0.1) is 0 Å². The van der Waals surface area contributed by atoms with E-state index in [1.807, 2.05) is 0 Å². The Kier molecular flexibility index (Phi) is 4.77. The van der Waals surface area contributed by atoms with E-state index in [0.29, 0.717) is 12.0 Å². The van der Waals surface area contributed by atoms with Crippen LogP contribution in [0.25, 0.3) is 0 Å². The molecule has 1 aromatic heterocycles. The number of benzene rings is 1. The van der Waals surface area contributed by atoms with Crippen molar-refractivity contribution >= 4 is 11.9 Å². The highest BCUT2D eigenvalue weighted by atomic mass is 19.4. The summed E-state index contributed by atoms with van der Waals surface area (Å²) in [5, 5.41) is 5.06. The van der Waals surface area contributed by atoms with Gasteiger partial charge in [0.15, 0.2) is 0 Å². The van der Waals surface area contributed by atoms with E-state index in [4.69, 9.17) is 0 Å². The third-order valence-electron chi connectivity index (χ3n) is 2.88. The second kappa shape index (κ2) is 6.59. The number of carbonyl (C=O) groups excluding carboxylic acids is 1. The topological polar surface area (TPSA) is 66.9 Å². The predicted molar refractivity (Wildman–Crippen MR) is 74.2 cm³/mol. The van der Waals surface area contributed by atoms with Crippen LogP contribution in [0.4, 0.5) is 23.5 Å². The molecule has 23 heavy (non-hydrogen) atoms. The number of nitrogens with one attached hydrogen (secondary N) is 2. The highest BCUT2D eigenvalue weighted by Crippen LogP contribution is 2.30. The van der Waals surface area contributed by atoms with Crippen molar-refractivity contribution in [1.29, 1.82) is 0 Å². The molecule has 2 N–H and O–H groups in total. The van der Waals surface area contributed by atoms with Gasteiger partial charge in [-0.3, -0.25) is 4.79 Å². The third kappa shape index (κ3) is 4.38. The Morgan fingerprint density at radius 1 is 1.17 bits per heavy atom. The highest BCUT2D eigenvalue weighted by molar-refractivity contribution is 5.93. The fourth-order valence-corrected chi connectivity index (χ4v) is 1.77. The van der Waals surface area contributed by atoms with Crippen molar-refractivity contribution in [3.63, 3.8) is 0 Å². The summed E-state index contributed by atoms with van der Waals surface area (Å²) in [6.07, 6.45) is -2.13. The molecule has 0 aliphatic carbocycles. The quantitative estimate of drug-likeness (QED) is 0.847. The van der Waals surface area contributed by atoms with E-state index in [9.17, 15) is 22.4 Å². The predicted octanol–water partition coefficient (Wildman–Crippen LogP) is 2.61. The Bertz CT molecular complexity index is 701. The minimum atomic E-state index is -4.66. The zero-order chi connectivity index (χ0) is 17.0. The first-order valence-corrected chi connectivity index (χ1v) is 6.44. The summed E-state index contributed by atoms with van der Waals surface area (Å²) >= 11 is 0. The van der Waals surface area contributed by atoms with Crippen molar-refractivity contribution in [2.24, 2.45) is 0 Å². The van der Waals surface area contributed by atoms with Crippen LogP contribution < -0.4 is 10.6 Å². The summed E-state index contributed by atoms with van der Waals surface area (Å²) in [5.74, 6) is -1.28. The molecule has 2 aromatic rings. The molecular weight excluding hydrogens is 316 g/mol. The second-order valence-corrected chi connectivity index (χ2v) is 4.57. The number of aromatic nitrogens is 2. The molecule has 5 nitrogen and oxygen atoms in total. The molecule has 0 aliphatic rings. The van der Waals surface area contributed by atoms with E-state index < -0.39 is 23.5 Å². The van der Waals surface area contributed by atoms with Crippen molar-refractivity contribution < 1.29 is 22.4 Å². The van der Waals surface area contributed by atoms with Crippen LogP contribution in [0.5, 0.6) is 0 Å². The van der Waals surface area contributed by atoms with Crippen LogP contribution in [0.15, 0.2) is 30.6 Å². The molecule has 0 unspecified atom stereocenters. The van der Waals surface area contributed by atoms with E-state index in [-0.39, 0.29) is 17.7 Å². The maximum absolute atomic E-state index is 13.2. The van der Waals surface area contributed by atoms with Crippen LogP contribution in [0.3, 0.4) is 0 Å². The SMILES string of the molecule is CNc1ncc(C(=O)NCc2cc(F)cc(C(F)(F)F)c2)cn1. The molecule has 0 saturated heterocycles. The fraction of sp³-hybridized carbons (Fsp3) is 0.214. The largest absolute Gasteiger partial charge is 0.416 e. The Balaban J connectivity index is 2.08. The normalized spacial score (nSPS) is 11.2. The van der Waals surface area contributed by atoms with E-state index >= 15 is 0 Å². The molecule has 122 valence electrons. The lowest BCUT2D eigenvalue weighted by Crippen LogP contribution is -2.23. The zero-order valence-corrected chi connectivity index (χ0v) is 11.9. The van der Waals surface area contributed by atoms with Gasteiger partial charge < -0.3 is 10.6 Å². The summed E-state index contributed by atoms with van der Waals surface area (Å²) in [4.78, 5) is 19.5. The smallest absolute Gasteiger partial charge is 0.357 e. The number of hydrogen-bond donors (Lipinski definition) is 2. The number of alkyl halides is 3. The van der Waals surface area contributed by atoms with Gasteiger partial charge in [0, 0.05) is 26.0 Å². The summed E-state index contributed by atoms with van der Waals surface area (Å²) in [5.41, 5.74) is -0.974. The number of rotatable bonds is 4. The molecule has 0 radical (unpaired) electrons. The maximum Gasteiger partial charge on any atom is 0.416 e. The highest BCUT2D eigenvalue weighted by Gasteiger charge is 2.31. The van der Waals surface area contributed by atoms with Gasteiger partial charge in [0.1, 0.15) is 5.82 Å². The van der Waals surface area contributed by atoms with E-state index in [1.165, 1.54) is 12.4 Å².